The molecule has 2 aromatic rings. The minimum atomic E-state index is -0.201. The third-order valence-electron chi connectivity index (χ3n) is 4.23. The Bertz CT molecular complexity index is 714. The highest BCUT2D eigenvalue weighted by molar-refractivity contribution is 9.10. The van der Waals surface area contributed by atoms with E-state index < -0.39 is 0 Å². The van der Waals surface area contributed by atoms with Gasteiger partial charge in [-0.3, -0.25) is 15.0 Å². The van der Waals surface area contributed by atoms with Gasteiger partial charge in [-0.2, -0.15) is 0 Å². The van der Waals surface area contributed by atoms with Crippen molar-refractivity contribution in [3.8, 4) is 5.75 Å². The summed E-state index contributed by atoms with van der Waals surface area (Å²) in [5.41, 5.74) is 1.02. The van der Waals surface area contributed by atoms with Crippen molar-refractivity contribution in [1.82, 2.24) is 9.88 Å². The SMILES string of the molecule is CC1CCN(Cc2csc(NC(=O)COc3cccc(Br)c3)n2)CC1. The van der Waals surface area contributed by atoms with Crippen LogP contribution >= 0.6 is 27.3 Å². The van der Waals surface area contributed by atoms with Gasteiger partial charge in [0.15, 0.2) is 11.7 Å². The normalized spacial score (nSPS) is 15.9. The maximum atomic E-state index is 12.0. The van der Waals surface area contributed by atoms with Gasteiger partial charge in [-0.15, -0.1) is 11.3 Å². The number of rotatable bonds is 6. The molecule has 0 unspecified atom stereocenters. The second kappa shape index (κ2) is 8.78. The van der Waals surface area contributed by atoms with Gasteiger partial charge in [-0.05, 0) is 50.0 Å². The molecule has 1 aliphatic rings. The topological polar surface area (TPSA) is 54.5 Å². The van der Waals surface area contributed by atoms with E-state index in [4.69, 9.17) is 4.74 Å². The Kier molecular flexibility index (Phi) is 6.45. The average molecular weight is 424 g/mol. The molecule has 1 aliphatic heterocycles. The summed E-state index contributed by atoms with van der Waals surface area (Å²) in [5.74, 6) is 1.28. The fourth-order valence-electron chi connectivity index (χ4n) is 2.75. The zero-order valence-electron chi connectivity index (χ0n) is 14.2. The molecule has 0 aliphatic carbocycles. The molecule has 0 bridgehead atoms. The number of likely N-dealkylation sites (tertiary alicyclic amines) is 1. The summed E-state index contributed by atoms with van der Waals surface area (Å²) in [4.78, 5) is 19.0. The molecule has 25 heavy (non-hydrogen) atoms. The van der Waals surface area contributed by atoms with E-state index in [-0.39, 0.29) is 12.5 Å². The number of thiazole rings is 1. The van der Waals surface area contributed by atoms with Gasteiger partial charge in [-0.25, -0.2) is 4.98 Å². The minimum absolute atomic E-state index is 0.0324. The number of amides is 1. The first-order chi connectivity index (χ1) is 12.1. The van der Waals surface area contributed by atoms with Crippen LogP contribution in [0, 0.1) is 5.92 Å². The van der Waals surface area contributed by atoms with Crippen molar-refractivity contribution in [2.75, 3.05) is 25.0 Å². The average Bonchev–Trinajstić information content (AvgIpc) is 3.02. The lowest BCUT2D eigenvalue weighted by Crippen LogP contribution is -2.32. The molecule has 134 valence electrons. The summed E-state index contributed by atoms with van der Waals surface area (Å²) in [7, 11) is 0. The molecule has 5 nitrogen and oxygen atoms in total. The first-order valence-electron chi connectivity index (χ1n) is 8.43. The van der Waals surface area contributed by atoms with Crippen LogP contribution in [0.2, 0.25) is 0 Å². The predicted octanol–water partition coefficient (Wildman–Crippen LogP) is 4.16. The number of nitrogens with one attached hydrogen (secondary N) is 1. The molecule has 1 N–H and O–H groups in total. The number of nitrogens with zero attached hydrogens (tertiary/aromatic N) is 2. The summed E-state index contributed by atoms with van der Waals surface area (Å²) in [5, 5.41) is 5.45. The lowest BCUT2D eigenvalue weighted by atomic mass is 9.99. The fourth-order valence-corrected chi connectivity index (χ4v) is 3.84. The third kappa shape index (κ3) is 5.80. The van der Waals surface area contributed by atoms with Crippen LogP contribution in [-0.4, -0.2) is 35.5 Å². The molecular formula is C18H22BrN3O2S. The standard InChI is InChI=1S/C18H22BrN3O2S/c1-13-5-7-22(8-6-13)10-15-12-25-18(20-15)21-17(23)11-24-16-4-2-3-14(19)9-16/h2-4,9,12-13H,5-8,10-11H2,1H3,(H,20,21,23). The number of carbonyl (C=O) groups is 1. The Morgan fingerprint density at radius 2 is 2.24 bits per heavy atom. The van der Waals surface area contributed by atoms with Crippen LogP contribution in [0.1, 0.15) is 25.5 Å². The van der Waals surface area contributed by atoms with Crippen LogP contribution in [-0.2, 0) is 11.3 Å². The van der Waals surface area contributed by atoms with E-state index in [1.165, 1.54) is 24.2 Å². The first-order valence-corrected chi connectivity index (χ1v) is 10.1. The van der Waals surface area contributed by atoms with E-state index in [9.17, 15) is 4.79 Å². The zero-order chi connectivity index (χ0) is 17.6. The summed E-state index contributed by atoms with van der Waals surface area (Å²) < 4.78 is 6.40. The number of ether oxygens (including phenoxy) is 1. The molecule has 1 fully saturated rings. The Morgan fingerprint density at radius 3 is 3.00 bits per heavy atom. The largest absolute Gasteiger partial charge is 0.484 e. The second-order valence-electron chi connectivity index (χ2n) is 6.40. The summed E-state index contributed by atoms with van der Waals surface area (Å²) >= 11 is 4.84. The number of aromatic nitrogens is 1. The van der Waals surface area contributed by atoms with Crippen LogP contribution in [0.15, 0.2) is 34.1 Å². The van der Waals surface area contributed by atoms with E-state index >= 15 is 0 Å². The van der Waals surface area contributed by atoms with Gasteiger partial charge in [0, 0.05) is 16.4 Å². The summed E-state index contributed by atoms with van der Waals surface area (Å²) in [6.45, 7) is 5.38. The van der Waals surface area contributed by atoms with Gasteiger partial charge in [0.05, 0.1) is 5.69 Å². The third-order valence-corrected chi connectivity index (χ3v) is 5.53. The van der Waals surface area contributed by atoms with Gasteiger partial charge >= 0.3 is 0 Å². The molecule has 1 amide bonds. The van der Waals surface area contributed by atoms with Gasteiger partial charge in [0.25, 0.3) is 5.91 Å². The Balaban J connectivity index is 1.45. The van der Waals surface area contributed by atoms with Gasteiger partial charge in [0.2, 0.25) is 0 Å². The summed E-state index contributed by atoms with van der Waals surface area (Å²) in [6.07, 6.45) is 2.50. The minimum Gasteiger partial charge on any atom is -0.484 e. The van der Waals surface area contributed by atoms with Gasteiger partial charge in [0.1, 0.15) is 5.75 Å². The maximum absolute atomic E-state index is 12.0. The predicted molar refractivity (Wildman–Crippen MR) is 104 cm³/mol. The van der Waals surface area contributed by atoms with Crippen molar-refractivity contribution in [1.29, 1.82) is 0 Å². The second-order valence-corrected chi connectivity index (χ2v) is 8.17. The number of benzene rings is 1. The quantitative estimate of drug-likeness (QED) is 0.757. The molecule has 2 heterocycles. The Hall–Kier alpha value is -1.44. The molecule has 1 aromatic heterocycles. The lowest BCUT2D eigenvalue weighted by Gasteiger charge is -2.29. The van der Waals surface area contributed by atoms with Crippen molar-refractivity contribution in [3.05, 3.63) is 39.8 Å². The molecule has 3 rings (SSSR count). The molecular weight excluding hydrogens is 402 g/mol. The number of piperidine rings is 1. The maximum Gasteiger partial charge on any atom is 0.264 e. The zero-order valence-corrected chi connectivity index (χ0v) is 16.6. The van der Waals surface area contributed by atoms with Crippen LogP contribution in [0.4, 0.5) is 5.13 Å². The molecule has 0 saturated carbocycles. The number of hydrogen-bond acceptors (Lipinski definition) is 5. The monoisotopic (exact) mass is 423 g/mol. The van der Waals surface area contributed by atoms with E-state index in [2.05, 4.69) is 38.1 Å². The fraction of sp³-hybridized carbons (Fsp3) is 0.444. The number of hydrogen-bond donors (Lipinski definition) is 1. The highest BCUT2D eigenvalue weighted by atomic mass is 79.9. The highest BCUT2D eigenvalue weighted by Gasteiger charge is 2.17. The molecule has 0 radical (unpaired) electrons. The van der Waals surface area contributed by atoms with Gasteiger partial charge in [-0.1, -0.05) is 28.9 Å². The van der Waals surface area contributed by atoms with Crippen molar-refractivity contribution in [2.45, 2.75) is 26.3 Å². The van der Waals surface area contributed by atoms with Crippen molar-refractivity contribution in [3.63, 3.8) is 0 Å². The molecule has 0 atom stereocenters. The highest BCUT2D eigenvalue weighted by Crippen LogP contribution is 2.21. The van der Waals surface area contributed by atoms with Crippen molar-refractivity contribution >= 4 is 38.3 Å². The molecule has 7 heteroatoms. The number of halogens is 1. The number of carbonyl (C=O) groups excluding carboxylic acids is 1. The van der Waals surface area contributed by atoms with E-state index in [0.717, 1.165) is 35.7 Å². The first kappa shape index (κ1) is 18.4. The number of anilines is 1. The van der Waals surface area contributed by atoms with Crippen molar-refractivity contribution < 1.29 is 9.53 Å². The van der Waals surface area contributed by atoms with Gasteiger partial charge < -0.3 is 4.74 Å². The molecule has 1 aromatic carbocycles. The van der Waals surface area contributed by atoms with E-state index in [0.29, 0.717) is 10.9 Å². The van der Waals surface area contributed by atoms with Crippen LogP contribution in [0.25, 0.3) is 0 Å². The van der Waals surface area contributed by atoms with Crippen LogP contribution in [0.3, 0.4) is 0 Å². The van der Waals surface area contributed by atoms with Crippen LogP contribution < -0.4 is 10.1 Å². The van der Waals surface area contributed by atoms with E-state index in [1.807, 2.05) is 29.6 Å². The molecule has 0 spiro atoms. The smallest absolute Gasteiger partial charge is 0.264 e. The Morgan fingerprint density at radius 1 is 1.44 bits per heavy atom. The van der Waals surface area contributed by atoms with Crippen molar-refractivity contribution in [2.24, 2.45) is 5.92 Å². The lowest BCUT2D eigenvalue weighted by molar-refractivity contribution is -0.118. The Labute approximate surface area is 160 Å². The summed E-state index contributed by atoms with van der Waals surface area (Å²) in [6, 6.07) is 7.42. The van der Waals surface area contributed by atoms with Crippen LogP contribution in [0.5, 0.6) is 5.75 Å². The molecule has 1 saturated heterocycles. The van der Waals surface area contributed by atoms with E-state index in [1.54, 1.807) is 0 Å².